The first-order valence-corrected chi connectivity index (χ1v) is 11.7. The lowest BCUT2D eigenvalue weighted by Crippen LogP contribution is -2.34. The number of carbonyl (C=O) groups excluding carboxylic acids is 2. The fraction of sp³-hybridized carbons (Fsp3) is 0.250. The third-order valence-electron chi connectivity index (χ3n) is 5.20. The number of amides is 2. The molecule has 0 atom stereocenters. The van der Waals surface area contributed by atoms with E-state index >= 15 is 0 Å². The van der Waals surface area contributed by atoms with Crippen LogP contribution in [0.2, 0.25) is 0 Å². The summed E-state index contributed by atoms with van der Waals surface area (Å²) in [7, 11) is 2.99. The Morgan fingerprint density at radius 3 is 2.41 bits per heavy atom. The summed E-state index contributed by atoms with van der Waals surface area (Å²) < 4.78 is 22.0. The molecule has 0 unspecified atom stereocenters. The largest absolute Gasteiger partial charge is 0.493 e. The Labute approximate surface area is 216 Å². The number of rotatable bonds is 12. The average Bonchev–Trinajstić information content (AvgIpc) is 2.91. The molecule has 0 aliphatic heterocycles. The lowest BCUT2D eigenvalue weighted by molar-refractivity contribution is -0.120. The van der Waals surface area contributed by atoms with Crippen LogP contribution in [0.1, 0.15) is 34.0 Å². The highest BCUT2D eigenvalue weighted by atomic mass is 16.5. The molecule has 0 bridgehead atoms. The Kier molecular flexibility index (Phi) is 9.90. The summed E-state index contributed by atoms with van der Waals surface area (Å²) >= 11 is 0. The van der Waals surface area contributed by atoms with Gasteiger partial charge in [-0.2, -0.15) is 5.10 Å². The molecule has 3 aromatic carbocycles. The molecule has 3 aromatic rings. The van der Waals surface area contributed by atoms with Crippen molar-refractivity contribution in [2.45, 2.75) is 20.5 Å². The predicted octanol–water partition coefficient (Wildman–Crippen LogP) is 3.87. The maximum atomic E-state index is 12.4. The van der Waals surface area contributed by atoms with Crippen molar-refractivity contribution in [1.82, 2.24) is 10.7 Å². The second kappa shape index (κ2) is 13.5. The Morgan fingerprint density at radius 2 is 1.68 bits per heavy atom. The first kappa shape index (κ1) is 27.1. The standard InChI is InChI=1S/C28H31N3O6/c1-5-36-26-14-20(9-11-24(26)37-18-21-8-6-7-19(2)13-21)16-30-31-27(32)17-29-28(33)22-10-12-23(34-3)25(15-22)35-4/h6-16H,5,17-18H2,1-4H3,(H,29,33)(H,31,32). The number of hydrazone groups is 1. The van der Waals surface area contributed by atoms with E-state index in [1.807, 2.05) is 38.1 Å². The maximum absolute atomic E-state index is 12.4. The highest BCUT2D eigenvalue weighted by Gasteiger charge is 2.12. The van der Waals surface area contributed by atoms with Gasteiger partial charge >= 0.3 is 0 Å². The van der Waals surface area contributed by atoms with Crippen LogP contribution in [0.3, 0.4) is 0 Å². The maximum Gasteiger partial charge on any atom is 0.259 e. The fourth-order valence-electron chi connectivity index (χ4n) is 3.41. The van der Waals surface area contributed by atoms with Crippen LogP contribution in [-0.2, 0) is 11.4 Å². The molecule has 3 rings (SSSR count). The molecule has 9 heteroatoms. The number of aryl methyl sites for hydroxylation is 1. The van der Waals surface area contributed by atoms with E-state index in [0.29, 0.717) is 47.3 Å². The smallest absolute Gasteiger partial charge is 0.259 e. The average molecular weight is 506 g/mol. The van der Waals surface area contributed by atoms with Crippen LogP contribution < -0.4 is 29.7 Å². The van der Waals surface area contributed by atoms with Crippen LogP contribution in [0.15, 0.2) is 65.8 Å². The Hall–Kier alpha value is -4.53. The van der Waals surface area contributed by atoms with Crippen LogP contribution in [0.25, 0.3) is 0 Å². The summed E-state index contributed by atoms with van der Waals surface area (Å²) in [4.78, 5) is 24.5. The minimum Gasteiger partial charge on any atom is -0.493 e. The van der Waals surface area contributed by atoms with Gasteiger partial charge in [-0.15, -0.1) is 0 Å². The molecule has 0 heterocycles. The van der Waals surface area contributed by atoms with Crippen molar-refractivity contribution in [3.05, 3.63) is 82.9 Å². The zero-order chi connectivity index (χ0) is 26.6. The van der Waals surface area contributed by atoms with Crippen LogP contribution in [-0.4, -0.2) is 45.4 Å². The molecule has 0 radical (unpaired) electrons. The Morgan fingerprint density at radius 1 is 0.892 bits per heavy atom. The van der Waals surface area contributed by atoms with Crippen molar-refractivity contribution in [3.8, 4) is 23.0 Å². The summed E-state index contributed by atoms with van der Waals surface area (Å²) in [5.74, 6) is 1.21. The van der Waals surface area contributed by atoms with Gasteiger partial charge in [0.1, 0.15) is 6.61 Å². The quantitative estimate of drug-likeness (QED) is 0.286. The van der Waals surface area contributed by atoms with Crippen molar-refractivity contribution in [1.29, 1.82) is 0 Å². The highest BCUT2D eigenvalue weighted by Crippen LogP contribution is 2.29. The molecule has 37 heavy (non-hydrogen) atoms. The van der Waals surface area contributed by atoms with Crippen LogP contribution in [0.4, 0.5) is 0 Å². The van der Waals surface area contributed by atoms with E-state index in [2.05, 4.69) is 21.9 Å². The van der Waals surface area contributed by atoms with Gasteiger partial charge in [0.2, 0.25) is 0 Å². The molecule has 0 aliphatic rings. The van der Waals surface area contributed by atoms with E-state index in [1.165, 1.54) is 32.1 Å². The summed E-state index contributed by atoms with van der Waals surface area (Å²) in [6, 6.07) is 18.2. The van der Waals surface area contributed by atoms with Gasteiger partial charge in [-0.05, 0) is 61.4 Å². The monoisotopic (exact) mass is 505 g/mol. The van der Waals surface area contributed by atoms with Crippen molar-refractivity contribution in [2.75, 3.05) is 27.4 Å². The molecule has 9 nitrogen and oxygen atoms in total. The van der Waals surface area contributed by atoms with Crippen molar-refractivity contribution >= 4 is 18.0 Å². The zero-order valence-corrected chi connectivity index (χ0v) is 21.4. The number of benzene rings is 3. The van der Waals surface area contributed by atoms with E-state index in [1.54, 1.807) is 24.3 Å². The third-order valence-corrected chi connectivity index (χ3v) is 5.20. The third kappa shape index (κ3) is 7.99. The Bertz CT molecular complexity index is 1260. The minimum atomic E-state index is -0.479. The molecule has 0 aliphatic carbocycles. The zero-order valence-electron chi connectivity index (χ0n) is 21.4. The van der Waals surface area contributed by atoms with Gasteiger partial charge in [0.05, 0.1) is 33.6 Å². The molecular formula is C28H31N3O6. The molecule has 2 N–H and O–H groups in total. The second-order valence-electron chi connectivity index (χ2n) is 7.96. The Balaban J connectivity index is 1.53. The number of carbonyl (C=O) groups is 2. The second-order valence-corrected chi connectivity index (χ2v) is 7.96. The van der Waals surface area contributed by atoms with Gasteiger partial charge in [-0.3, -0.25) is 9.59 Å². The van der Waals surface area contributed by atoms with Crippen LogP contribution in [0, 0.1) is 6.92 Å². The number of nitrogens with one attached hydrogen (secondary N) is 2. The predicted molar refractivity (Wildman–Crippen MR) is 141 cm³/mol. The van der Waals surface area contributed by atoms with Crippen molar-refractivity contribution in [3.63, 3.8) is 0 Å². The normalized spacial score (nSPS) is 10.6. The molecule has 0 aromatic heterocycles. The summed E-state index contributed by atoms with van der Waals surface area (Å²) in [6.07, 6.45) is 1.49. The van der Waals surface area contributed by atoms with Crippen LogP contribution >= 0.6 is 0 Å². The molecular weight excluding hydrogens is 474 g/mol. The molecule has 194 valence electrons. The van der Waals surface area contributed by atoms with Gasteiger partial charge in [0.15, 0.2) is 23.0 Å². The lowest BCUT2D eigenvalue weighted by atomic mass is 10.1. The highest BCUT2D eigenvalue weighted by molar-refractivity contribution is 5.97. The summed E-state index contributed by atoms with van der Waals surface area (Å²) in [6.45, 7) is 4.56. The summed E-state index contributed by atoms with van der Waals surface area (Å²) in [5.41, 5.74) is 5.67. The van der Waals surface area contributed by atoms with E-state index < -0.39 is 11.8 Å². The first-order valence-electron chi connectivity index (χ1n) is 11.7. The topological polar surface area (TPSA) is 107 Å². The molecule has 0 saturated heterocycles. The van der Waals surface area contributed by atoms with E-state index in [-0.39, 0.29) is 6.54 Å². The fourth-order valence-corrected chi connectivity index (χ4v) is 3.41. The molecule has 0 saturated carbocycles. The van der Waals surface area contributed by atoms with Crippen LogP contribution in [0.5, 0.6) is 23.0 Å². The molecule has 0 spiro atoms. The number of methoxy groups -OCH3 is 2. The SMILES string of the molecule is CCOc1cc(C=NNC(=O)CNC(=O)c2ccc(OC)c(OC)c2)ccc1OCc1cccc(C)c1. The molecule has 2 amide bonds. The van der Waals surface area contributed by atoms with Crippen molar-refractivity contribution < 1.29 is 28.5 Å². The molecule has 0 fully saturated rings. The number of hydrogen-bond donors (Lipinski definition) is 2. The van der Waals surface area contributed by atoms with E-state index in [4.69, 9.17) is 18.9 Å². The number of ether oxygens (including phenoxy) is 4. The van der Waals surface area contributed by atoms with Gasteiger partial charge in [0.25, 0.3) is 11.8 Å². The van der Waals surface area contributed by atoms with E-state index in [9.17, 15) is 9.59 Å². The van der Waals surface area contributed by atoms with Gasteiger partial charge in [-0.1, -0.05) is 29.8 Å². The number of hydrogen-bond acceptors (Lipinski definition) is 7. The van der Waals surface area contributed by atoms with Gasteiger partial charge in [0, 0.05) is 5.56 Å². The van der Waals surface area contributed by atoms with Gasteiger partial charge in [-0.25, -0.2) is 5.43 Å². The lowest BCUT2D eigenvalue weighted by Gasteiger charge is -2.13. The minimum absolute atomic E-state index is 0.250. The van der Waals surface area contributed by atoms with E-state index in [0.717, 1.165) is 5.56 Å². The number of nitrogens with zero attached hydrogens (tertiary/aromatic N) is 1. The van der Waals surface area contributed by atoms with Gasteiger partial charge < -0.3 is 24.3 Å². The first-order chi connectivity index (χ1) is 17.9. The summed E-state index contributed by atoms with van der Waals surface area (Å²) in [5, 5.41) is 6.51. The van der Waals surface area contributed by atoms with Crippen molar-refractivity contribution in [2.24, 2.45) is 5.10 Å².